The number of nitrogens with one attached hydrogen (secondary N) is 1. The predicted octanol–water partition coefficient (Wildman–Crippen LogP) is 3.77. The SMILES string of the molecule is CCCCN(C)C(=NC)NCc1ccc(Cl)cc1.I. The monoisotopic (exact) mass is 395 g/mol. The standard InChI is InChI=1S/C14H22ClN3.HI/c1-4-5-10-18(3)14(16-2)17-11-12-6-8-13(15)9-7-12;/h6-9H,4-5,10-11H2,1-3H3,(H,16,17);1H. The van der Waals surface area contributed by atoms with Crippen LogP contribution in [0.3, 0.4) is 0 Å². The van der Waals surface area contributed by atoms with Crippen LogP contribution in [0.4, 0.5) is 0 Å². The molecule has 0 saturated carbocycles. The summed E-state index contributed by atoms with van der Waals surface area (Å²) in [5, 5.41) is 4.11. The van der Waals surface area contributed by atoms with E-state index in [0.717, 1.165) is 24.1 Å². The van der Waals surface area contributed by atoms with Crippen molar-refractivity contribution in [2.75, 3.05) is 20.6 Å². The average Bonchev–Trinajstić information content (AvgIpc) is 2.39. The number of guanidine groups is 1. The fourth-order valence-corrected chi connectivity index (χ4v) is 1.80. The van der Waals surface area contributed by atoms with Gasteiger partial charge in [0.15, 0.2) is 5.96 Å². The Balaban J connectivity index is 0.00000324. The van der Waals surface area contributed by atoms with Crippen molar-refractivity contribution < 1.29 is 0 Å². The molecule has 0 fully saturated rings. The molecule has 0 amide bonds. The molecular weight excluding hydrogens is 373 g/mol. The first-order valence-electron chi connectivity index (χ1n) is 6.33. The molecule has 108 valence electrons. The van der Waals surface area contributed by atoms with E-state index in [2.05, 4.69) is 29.2 Å². The van der Waals surface area contributed by atoms with Gasteiger partial charge in [-0.1, -0.05) is 37.1 Å². The molecule has 0 spiro atoms. The molecule has 0 aliphatic carbocycles. The number of halogens is 2. The van der Waals surface area contributed by atoms with Crippen LogP contribution in [0.5, 0.6) is 0 Å². The molecule has 0 aliphatic rings. The number of aliphatic imine (C=N–C) groups is 1. The summed E-state index contributed by atoms with van der Waals surface area (Å²) in [5.74, 6) is 0.929. The second-order valence-corrected chi connectivity index (χ2v) is 4.74. The summed E-state index contributed by atoms with van der Waals surface area (Å²) in [6, 6.07) is 7.85. The molecule has 0 bridgehead atoms. The van der Waals surface area contributed by atoms with Crippen LogP contribution >= 0.6 is 35.6 Å². The highest BCUT2D eigenvalue weighted by atomic mass is 127. The third-order valence-corrected chi connectivity index (χ3v) is 3.04. The molecule has 5 heteroatoms. The van der Waals surface area contributed by atoms with E-state index in [0.29, 0.717) is 0 Å². The molecule has 0 aliphatic heterocycles. The van der Waals surface area contributed by atoms with E-state index in [1.54, 1.807) is 0 Å². The summed E-state index contributed by atoms with van der Waals surface area (Å²) in [4.78, 5) is 6.43. The Labute approximate surface area is 138 Å². The molecule has 1 rings (SSSR count). The number of benzene rings is 1. The lowest BCUT2D eigenvalue weighted by molar-refractivity contribution is 0.464. The van der Waals surface area contributed by atoms with Gasteiger partial charge in [0.25, 0.3) is 0 Å². The maximum atomic E-state index is 5.86. The van der Waals surface area contributed by atoms with Crippen molar-refractivity contribution in [2.24, 2.45) is 4.99 Å². The topological polar surface area (TPSA) is 27.6 Å². The first kappa shape index (κ1) is 18.5. The van der Waals surface area contributed by atoms with Gasteiger partial charge in [0.05, 0.1) is 0 Å². The van der Waals surface area contributed by atoms with E-state index in [1.165, 1.54) is 18.4 Å². The summed E-state index contributed by atoms with van der Waals surface area (Å²) in [6.45, 7) is 3.98. The van der Waals surface area contributed by atoms with Gasteiger partial charge in [-0.3, -0.25) is 4.99 Å². The van der Waals surface area contributed by atoms with Crippen molar-refractivity contribution in [2.45, 2.75) is 26.3 Å². The Morgan fingerprint density at radius 1 is 1.32 bits per heavy atom. The average molecular weight is 396 g/mol. The van der Waals surface area contributed by atoms with E-state index in [4.69, 9.17) is 11.6 Å². The lowest BCUT2D eigenvalue weighted by Crippen LogP contribution is -2.38. The molecule has 0 aromatic heterocycles. The minimum absolute atomic E-state index is 0. The minimum Gasteiger partial charge on any atom is -0.352 e. The quantitative estimate of drug-likeness (QED) is 0.467. The van der Waals surface area contributed by atoms with E-state index < -0.39 is 0 Å². The molecule has 0 radical (unpaired) electrons. The number of nitrogens with zero attached hydrogens (tertiary/aromatic N) is 2. The third-order valence-electron chi connectivity index (χ3n) is 2.78. The van der Waals surface area contributed by atoms with Crippen LogP contribution in [0.25, 0.3) is 0 Å². The van der Waals surface area contributed by atoms with Crippen LogP contribution in [0.1, 0.15) is 25.3 Å². The second kappa shape index (κ2) is 10.3. The van der Waals surface area contributed by atoms with Crippen LogP contribution in [-0.4, -0.2) is 31.5 Å². The molecular formula is C14H23ClIN3. The Morgan fingerprint density at radius 3 is 2.47 bits per heavy atom. The number of hydrogen-bond donors (Lipinski definition) is 1. The summed E-state index contributed by atoms with van der Waals surface area (Å²) >= 11 is 5.86. The second-order valence-electron chi connectivity index (χ2n) is 4.30. The van der Waals surface area contributed by atoms with Gasteiger partial charge in [0.2, 0.25) is 0 Å². The smallest absolute Gasteiger partial charge is 0.193 e. The fraction of sp³-hybridized carbons (Fsp3) is 0.500. The molecule has 1 aromatic rings. The maximum absolute atomic E-state index is 5.86. The maximum Gasteiger partial charge on any atom is 0.193 e. The van der Waals surface area contributed by atoms with Gasteiger partial charge < -0.3 is 10.2 Å². The van der Waals surface area contributed by atoms with Crippen molar-refractivity contribution in [1.29, 1.82) is 0 Å². The first-order valence-corrected chi connectivity index (χ1v) is 6.71. The highest BCUT2D eigenvalue weighted by Crippen LogP contribution is 2.09. The van der Waals surface area contributed by atoms with Crippen LogP contribution in [0.2, 0.25) is 5.02 Å². The minimum atomic E-state index is 0. The molecule has 0 heterocycles. The highest BCUT2D eigenvalue weighted by molar-refractivity contribution is 14.0. The Hall–Kier alpha value is -0.490. The zero-order valence-electron chi connectivity index (χ0n) is 11.8. The Kier molecular flexibility index (Phi) is 10.0. The number of hydrogen-bond acceptors (Lipinski definition) is 1. The summed E-state index contributed by atoms with van der Waals surface area (Å²) in [5.41, 5.74) is 1.20. The molecule has 0 unspecified atom stereocenters. The van der Waals surface area contributed by atoms with Crippen LogP contribution in [0, 0.1) is 0 Å². The summed E-state index contributed by atoms with van der Waals surface area (Å²) in [6.07, 6.45) is 2.37. The van der Waals surface area contributed by atoms with Gasteiger partial charge in [-0.05, 0) is 24.1 Å². The highest BCUT2D eigenvalue weighted by Gasteiger charge is 2.04. The molecule has 19 heavy (non-hydrogen) atoms. The molecule has 3 nitrogen and oxygen atoms in total. The number of unbranched alkanes of at least 4 members (excludes halogenated alkanes) is 1. The zero-order chi connectivity index (χ0) is 13.4. The normalized spacial score (nSPS) is 10.8. The third kappa shape index (κ3) is 7.01. The summed E-state index contributed by atoms with van der Waals surface area (Å²) in [7, 11) is 3.87. The molecule has 1 N–H and O–H groups in total. The van der Waals surface area contributed by atoms with E-state index in [1.807, 2.05) is 31.3 Å². The Bertz CT molecular complexity index is 379. The van der Waals surface area contributed by atoms with Crippen molar-refractivity contribution in [3.8, 4) is 0 Å². The van der Waals surface area contributed by atoms with Crippen LogP contribution in [0.15, 0.2) is 29.3 Å². The van der Waals surface area contributed by atoms with Crippen molar-refractivity contribution >= 4 is 41.5 Å². The van der Waals surface area contributed by atoms with Gasteiger partial charge in [-0.2, -0.15) is 0 Å². The van der Waals surface area contributed by atoms with Gasteiger partial charge in [0.1, 0.15) is 0 Å². The predicted molar refractivity (Wildman–Crippen MR) is 94.6 cm³/mol. The summed E-state index contributed by atoms with van der Waals surface area (Å²) < 4.78 is 0. The van der Waals surface area contributed by atoms with E-state index in [9.17, 15) is 0 Å². The van der Waals surface area contributed by atoms with Crippen molar-refractivity contribution in [3.05, 3.63) is 34.9 Å². The van der Waals surface area contributed by atoms with Crippen molar-refractivity contribution in [3.63, 3.8) is 0 Å². The van der Waals surface area contributed by atoms with Crippen molar-refractivity contribution in [1.82, 2.24) is 10.2 Å². The molecule has 1 aromatic carbocycles. The Morgan fingerprint density at radius 2 is 1.95 bits per heavy atom. The molecule has 0 saturated heterocycles. The van der Waals surface area contributed by atoms with Gasteiger partial charge in [-0.15, -0.1) is 24.0 Å². The van der Waals surface area contributed by atoms with E-state index >= 15 is 0 Å². The lowest BCUT2D eigenvalue weighted by Gasteiger charge is -2.21. The zero-order valence-corrected chi connectivity index (χ0v) is 14.9. The number of rotatable bonds is 5. The van der Waals surface area contributed by atoms with Crippen LogP contribution in [-0.2, 0) is 6.54 Å². The van der Waals surface area contributed by atoms with Gasteiger partial charge in [0, 0.05) is 32.2 Å². The van der Waals surface area contributed by atoms with Crippen LogP contribution < -0.4 is 5.32 Å². The molecule has 0 atom stereocenters. The fourth-order valence-electron chi connectivity index (χ4n) is 1.67. The first-order chi connectivity index (χ1) is 8.67. The van der Waals surface area contributed by atoms with Gasteiger partial charge in [-0.25, -0.2) is 0 Å². The largest absolute Gasteiger partial charge is 0.352 e. The van der Waals surface area contributed by atoms with Gasteiger partial charge >= 0.3 is 0 Å². The van der Waals surface area contributed by atoms with E-state index in [-0.39, 0.29) is 24.0 Å². The lowest BCUT2D eigenvalue weighted by atomic mass is 10.2.